The molecule has 21 heavy (non-hydrogen) atoms. The Bertz CT molecular complexity index is 492. The highest BCUT2D eigenvalue weighted by Gasteiger charge is 2.28. The van der Waals surface area contributed by atoms with Crippen LogP contribution in [-0.2, 0) is 6.54 Å². The number of nitrogens with one attached hydrogen (secondary N) is 1. The van der Waals surface area contributed by atoms with Crippen LogP contribution in [0.25, 0.3) is 0 Å². The van der Waals surface area contributed by atoms with Gasteiger partial charge in [0.1, 0.15) is 5.69 Å². The standard InChI is InChI=1S/C14H25N5O2/c1-4-8-17-9-6-12(7-10-17)15-14-13(19(20)21)11(3)16-18(14)5-2/h12,15H,4-10H2,1-3H3. The molecule has 7 nitrogen and oxygen atoms in total. The van der Waals surface area contributed by atoms with E-state index in [0.29, 0.717) is 24.1 Å². The molecule has 7 heteroatoms. The Morgan fingerprint density at radius 1 is 1.38 bits per heavy atom. The maximum Gasteiger partial charge on any atom is 0.333 e. The average molecular weight is 295 g/mol. The Morgan fingerprint density at radius 3 is 2.57 bits per heavy atom. The van der Waals surface area contributed by atoms with Crippen LogP contribution in [0.3, 0.4) is 0 Å². The summed E-state index contributed by atoms with van der Waals surface area (Å²) in [7, 11) is 0. The summed E-state index contributed by atoms with van der Waals surface area (Å²) in [6.07, 6.45) is 3.21. The Kier molecular flexibility index (Phi) is 5.17. The second kappa shape index (κ2) is 6.89. The van der Waals surface area contributed by atoms with Crippen LogP contribution >= 0.6 is 0 Å². The number of rotatable bonds is 6. The molecule has 0 spiro atoms. The van der Waals surface area contributed by atoms with Gasteiger partial charge in [0, 0.05) is 25.7 Å². The highest BCUT2D eigenvalue weighted by molar-refractivity contribution is 5.60. The topological polar surface area (TPSA) is 76.2 Å². The molecule has 0 aliphatic carbocycles. The number of piperidine rings is 1. The molecule has 0 unspecified atom stereocenters. The summed E-state index contributed by atoms with van der Waals surface area (Å²) < 4.78 is 1.70. The van der Waals surface area contributed by atoms with Crippen LogP contribution in [0, 0.1) is 17.0 Å². The lowest BCUT2D eigenvalue weighted by molar-refractivity contribution is -0.384. The lowest BCUT2D eigenvalue weighted by Gasteiger charge is -2.32. The van der Waals surface area contributed by atoms with Crippen molar-refractivity contribution < 1.29 is 4.92 Å². The van der Waals surface area contributed by atoms with E-state index in [1.165, 1.54) is 6.42 Å². The molecule has 1 N–H and O–H groups in total. The second-order valence-corrected chi connectivity index (χ2v) is 5.62. The monoisotopic (exact) mass is 295 g/mol. The molecule has 1 aromatic rings. The number of likely N-dealkylation sites (tertiary alicyclic amines) is 1. The predicted molar refractivity (Wildman–Crippen MR) is 82.7 cm³/mol. The smallest absolute Gasteiger partial charge is 0.333 e. The third-order valence-electron chi connectivity index (χ3n) is 4.05. The largest absolute Gasteiger partial charge is 0.362 e. The highest BCUT2D eigenvalue weighted by atomic mass is 16.6. The molecule has 2 heterocycles. The van der Waals surface area contributed by atoms with Crippen molar-refractivity contribution in [2.75, 3.05) is 25.0 Å². The van der Waals surface area contributed by atoms with Gasteiger partial charge < -0.3 is 10.2 Å². The minimum Gasteiger partial charge on any atom is -0.362 e. The van der Waals surface area contributed by atoms with Crippen LogP contribution in [0.2, 0.25) is 0 Å². The Morgan fingerprint density at radius 2 is 2.05 bits per heavy atom. The van der Waals surface area contributed by atoms with E-state index in [9.17, 15) is 10.1 Å². The van der Waals surface area contributed by atoms with Gasteiger partial charge in [0.25, 0.3) is 0 Å². The molecule has 0 aromatic carbocycles. The molecule has 118 valence electrons. The maximum atomic E-state index is 11.3. The fraction of sp³-hybridized carbons (Fsp3) is 0.786. The van der Waals surface area contributed by atoms with Gasteiger partial charge >= 0.3 is 5.69 Å². The van der Waals surface area contributed by atoms with Crippen LogP contribution in [0.1, 0.15) is 38.8 Å². The van der Waals surface area contributed by atoms with Gasteiger partial charge in [-0.15, -0.1) is 0 Å². The van der Waals surface area contributed by atoms with E-state index in [-0.39, 0.29) is 10.6 Å². The summed E-state index contributed by atoms with van der Waals surface area (Å²) in [5.74, 6) is 0.564. The molecule has 1 fully saturated rings. The highest BCUT2D eigenvalue weighted by Crippen LogP contribution is 2.30. The summed E-state index contributed by atoms with van der Waals surface area (Å²) >= 11 is 0. The van der Waals surface area contributed by atoms with Crippen molar-refractivity contribution in [1.29, 1.82) is 0 Å². The number of nitrogens with zero attached hydrogens (tertiary/aromatic N) is 4. The summed E-state index contributed by atoms with van der Waals surface area (Å²) in [6, 6.07) is 0.290. The minimum absolute atomic E-state index is 0.118. The van der Waals surface area contributed by atoms with Gasteiger partial charge in [-0.2, -0.15) is 5.10 Å². The van der Waals surface area contributed by atoms with E-state index in [1.54, 1.807) is 11.6 Å². The third kappa shape index (κ3) is 3.53. The van der Waals surface area contributed by atoms with E-state index >= 15 is 0 Å². The first-order chi connectivity index (χ1) is 10.1. The zero-order chi connectivity index (χ0) is 15.4. The first-order valence-corrected chi connectivity index (χ1v) is 7.77. The minimum atomic E-state index is -0.330. The van der Waals surface area contributed by atoms with E-state index in [1.807, 2.05) is 6.92 Å². The number of hydrogen-bond acceptors (Lipinski definition) is 5. The van der Waals surface area contributed by atoms with Crippen molar-refractivity contribution in [3.05, 3.63) is 15.8 Å². The van der Waals surface area contributed by atoms with E-state index in [4.69, 9.17) is 0 Å². The van der Waals surface area contributed by atoms with E-state index in [0.717, 1.165) is 32.5 Å². The molecule has 0 atom stereocenters. The molecule has 1 aromatic heterocycles. The van der Waals surface area contributed by atoms with Gasteiger partial charge in [-0.3, -0.25) is 10.1 Å². The molecule has 0 amide bonds. The van der Waals surface area contributed by atoms with Gasteiger partial charge in [-0.1, -0.05) is 6.92 Å². The van der Waals surface area contributed by atoms with Gasteiger partial charge in [0.15, 0.2) is 0 Å². The zero-order valence-corrected chi connectivity index (χ0v) is 13.1. The van der Waals surface area contributed by atoms with Crippen molar-refractivity contribution in [2.45, 2.75) is 52.6 Å². The van der Waals surface area contributed by atoms with E-state index < -0.39 is 0 Å². The van der Waals surface area contributed by atoms with Crippen molar-refractivity contribution >= 4 is 11.5 Å². The van der Waals surface area contributed by atoms with Crippen molar-refractivity contribution in [2.24, 2.45) is 0 Å². The van der Waals surface area contributed by atoms with Crippen LogP contribution in [0.15, 0.2) is 0 Å². The number of aryl methyl sites for hydroxylation is 2. The number of aromatic nitrogens is 2. The van der Waals surface area contributed by atoms with Gasteiger partial charge in [-0.05, 0) is 39.7 Å². The molecule has 0 bridgehead atoms. The Balaban J connectivity index is 2.08. The van der Waals surface area contributed by atoms with E-state index in [2.05, 4.69) is 22.2 Å². The first kappa shape index (κ1) is 15.8. The zero-order valence-electron chi connectivity index (χ0n) is 13.1. The fourth-order valence-corrected chi connectivity index (χ4v) is 2.97. The lowest BCUT2D eigenvalue weighted by atomic mass is 10.0. The molecule has 0 radical (unpaired) electrons. The van der Waals surface area contributed by atoms with Gasteiger partial charge in [0.2, 0.25) is 5.82 Å². The second-order valence-electron chi connectivity index (χ2n) is 5.62. The van der Waals surface area contributed by atoms with Gasteiger partial charge in [-0.25, -0.2) is 4.68 Å². The van der Waals surface area contributed by atoms with Crippen molar-refractivity contribution in [1.82, 2.24) is 14.7 Å². The predicted octanol–water partition coefficient (Wildman–Crippen LogP) is 2.41. The lowest BCUT2D eigenvalue weighted by Crippen LogP contribution is -2.39. The number of nitro groups is 1. The fourth-order valence-electron chi connectivity index (χ4n) is 2.97. The molecule has 1 aliphatic heterocycles. The first-order valence-electron chi connectivity index (χ1n) is 7.77. The summed E-state index contributed by atoms with van der Waals surface area (Å²) in [5, 5.41) is 18.9. The summed E-state index contributed by atoms with van der Waals surface area (Å²) in [4.78, 5) is 13.4. The van der Waals surface area contributed by atoms with Gasteiger partial charge in [0.05, 0.1) is 4.92 Å². The molecular weight excluding hydrogens is 270 g/mol. The SMILES string of the molecule is CCCN1CCC(Nc2c([N+](=O)[O-])c(C)nn2CC)CC1. The number of anilines is 1. The maximum absolute atomic E-state index is 11.3. The average Bonchev–Trinajstić information content (AvgIpc) is 2.77. The molecule has 2 rings (SSSR count). The van der Waals surface area contributed by atoms with Crippen LogP contribution in [0.5, 0.6) is 0 Å². The Hall–Kier alpha value is -1.63. The normalized spacial score (nSPS) is 17.1. The molecule has 1 aliphatic rings. The van der Waals surface area contributed by atoms with Crippen molar-refractivity contribution in [3.8, 4) is 0 Å². The summed E-state index contributed by atoms with van der Waals surface area (Å²) in [5.41, 5.74) is 0.598. The van der Waals surface area contributed by atoms with Crippen LogP contribution in [0.4, 0.5) is 11.5 Å². The molecular formula is C14H25N5O2. The Labute approximate surface area is 125 Å². The summed E-state index contributed by atoms with van der Waals surface area (Å²) in [6.45, 7) is 9.71. The quantitative estimate of drug-likeness (QED) is 0.644. The molecule has 0 saturated carbocycles. The van der Waals surface area contributed by atoms with Crippen LogP contribution in [-0.4, -0.2) is 45.3 Å². The van der Waals surface area contributed by atoms with Crippen LogP contribution < -0.4 is 5.32 Å². The number of hydrogen-bond donors (Lipinski definition) is 1. The van der Waals surface area contributed by atoms with Crippen molar-refractivity contribution in [3.63, 3.8) is 0 Å². The third-order valence-corrected chi connectivity index (χ3v) is 4.05. The molecule has 1 saturated heterocycles.